The molecular weight excluding hydrogens is 493 g/mol. The summed E-state index contributed by atoms with van der Waals surface area (Å²) in [4.78, 5) is 0. The fourth-order valence-electron chi connectivity index (χ4n) is 0. The first-order valence-electron chi connectivity index (χ1n) is 2.96. The fourth-order valence-corrected chi connectivity index (χ4v) is 0. The summed E-state index contributed by atoms with van der Waals surface area (Å²) < 4.78 is 94.0. The van der Waals surface area contributed by atoms with Gasteiger partial charge in [0.15, 0.2) is 0 Å². The molecule has 0 saturated heterocycles. The molecule has 0 amide bonds. The zero-order valence-electron chi connectivity index (χ0n) is 9.17. The molecule has 0 aliphatic heterocycles. The Kier molecular flexibility index (Phi) is 255. The van der Waals surface area contributed by atoms with Gasteiger partial charge in [-0.25, -0.2) is 0 Å². The number of hydrogen-bond donors (Lipinski definition) is 6. The first-order chi connectivity index (χ1) is 8.49. The minimum absolute atomic E-state index is 0. The van der Waals surface area contributed by atoms with Crippen molar-refractivity contribution in [3.8, 4) is 0 Å². The van der Waals surface area contributed by atoms with Crippen molar-refractivity contribution < 1.29 is 83.4 Å². The predicted octanol–water partition coefficient (Wildman–Crippen LogP) is -6.34. The molecule has 0 fully saturated rings. The molecular formula is H6Al6LaO12. The third-order valence-electron chi connectivity index (χ3n) is 0. The van der Waals surface area contributed by atoms with Gasteiger partial charge >= 0.3 is 141 Å². The Bertz CT molecular complexity index is 114. The van der Waals surface area contributed by atoms with Crippen LogP contribution in [0.1, 0.15) is 0 Å². The van der Waals surface area contributed by atoms with Gasteiger partial charge in [-0.05, 0) is 0 Å². The second kappa shape index (κ2) is 113. The van der Waals surface area contributed by atoms with Crippen LogP contribution in [0.4, 0.5) is 0 Å². The Hall–Kier alpha value is 1.99. The average molecular weight is 499 g/mol. The maximum atomic E-state index is 8.57. The van der Waals surface area contributed by atoms with Crippen LogP contribution in [-0.4, -0.2) is 118 Å². The average Bonchev–Trinajstić information content (AvgIpc) is 2.23. The molecule has 0 aliphatic carbocycles. The van der Waals surface area contributed by atoms with Gasteiger partial charge in [0.1, 0.15) is 0 Å². The predicted molar refractivity (Wildman–Crippen MR) is 52.0 cm³/mol. The van der Waals surface area contributed by atoms with E-state index in [4.69, 9.17) is 47.8 Å². The Morgan fingerprint density at radius 3 is 0.368 bits per heavy atom. The van der Waals surface area contributed by atoms with Crippen LogP contribution in [0.2, 0.25) is 0 Å². The zero-order chi connectivity index (χ0) is 16.2. The van der Waals surface area contributed by atoms with Gasteiger partial charge in [0.05, 0.1) is 0 Å². The van der Waals surface area contributed by atoms with Crippen LogP contribution in [-0.2, 0) is 22.8 Å². The van der Waals surface area contributed by atoms with Gasteiger partial charge in [0.25, 0.3) is 0 Å². The Balaban J connectivity index is -0.0000000180. The first-order valence-corrected chi connectivity index (χ1v) is 8.89. The molecule has 0 aromatic carbocycles. The van der Waals surface area contributed by atoms with Crippen molar-refractivity contribution in [1.82, 2.24) is 0 Å². The summed E-state index contributed by atoms with van der Waals surface area (Å²) in [6.07, 6.45) is 0. The molecule has 12 nitrogen and oxygen atoms in total. The molecule has 0 aromatic rings. The van der Waals surface area contributed by atoms with E-state index in [1.807, 2.05) is 0 Å². The van der Waals surface area contributed by atoms with E-state index in [0.717, 1.165) is 0 Å². The van der Waals surface area contributed by atoms with Gasteiger partial charge in [-0.15, -0.1) is 0 Å². The van der Waals surface area contributed by atoms with Gasteiger partial charge in [-0.1, -0.05) is 0 Å². The van der Waals surface area contributed by atoms with Crippen molar-refractivity contribution in [2.24, 2.45) is 0 Å². The van der Waals surface area contributed by atoms with Crippen LogP contribution in [0.25, 0.3) is 0 Å². The Morgan fingerprint density at radius 2 is 0.368 bits per heavy atom. The third kappa shape index (κ3) is 1630. The van der Waals surface area contributed by atoms with Crippen LogP contribution in [0.3, 0.4) is 0 Å². The minimum atomic E-state index is -1.50. The van der Waals surface area contributed by atoms with Gasteiger partial charge in [0.2, 0.25) is 0 Å². The SMILES string of the molecule is [La].[O]=[Al][OH].[O]=[Al][OH].[O]=[Al][OH].[O]=[Al][OH].[O]=[Al][OH].[O]=[Al][OH]. The second-order valence-electron chi connectivity index (χ2n) is 0.632. The monoisotopic (exact) mass is 499 g/mol. The molecule has 99 valence electrons. The van der Waals surface area contributed by atoms with Crippen molar-refractivity contribution in [3.05, 3.63) is 0 Å². The molecule has 1 radical (unpaired) electrons. The third-order valence-corrected chi connectivity index (χ3v) is 0. The molecule has 19 heavy (non-hydrogen) atoms. The van der Waals surface area contributed by atoms with Gasteiger partial charge in [-0.2, -0.15) is 0 Å². The normalized spacial score (nSPS) is 2.53. The molecule has 0 saturated carbocycles. The van der Waals surface area contributed by atoms with Crippen molar-refractivity contribution in [3.63, 3.8) is 0 Å². The van der Waals surface area contributed by atoms with E-state index in [-0.39, 0.29) is 35.6 Å². The standard InChI is InChI=1S/6Al.La.6H2O.6O/h;;;;;;;6*1H2;;;;;;/q6*+1;;;;;;;;;;;;;/p-6. The van der Waals surface area contributed by atoms with E-state index in [1.54, 1.807) is 0 Å². The van der Waals surface area contributed by atoms with E-state index >= 15 is 0 Å². The quantitative estimate of drug-likeness (QED) is 0.171. The second-order valence-corrected chi connectivity index (χ2v) is 1.90. The topological polar surface area (TPSA) is 224 Å². The van der Waals surface area contributed by atoms with E-state index in [1.165, 1.54) is 0 Å². The maximum absolute atomic E-state index is 8.57. The number of hydrogen-bond acceptors (Lipinski definition) is 6. The van der Waals surface area contributed by atoms with E-state index in [0.29, 0.717) is 0 Å². The zero-order valence-corrected chi connectivity index (χ0v) is 19.7. The molecule has 0 rings (SSSR count). The van der Waals surface area contributed by atoms with Crippen LogP contribution < -0.4 is 0 Å². The van der Waals surface area contributed by atoms with Crippen LogP contribution in [0, 0.1) is 35.6 Å². The van der Waals surface area contributed by atoms with Crippen LogP contribution >= 0.6 is 0 Å². The Morgan fingerprint density at radius 1 is 0.368 bits per heavy atom. The molecule has 0 heterocycles. The first kappa shape index (κ1) is 42.9. The molecule has 6 N–H and O–H groups in total. The summed E-state index contributed by atoms with van der Waals surface area (Å²) in [5, 5.41) is 0. The van der Waals surface area contributed by atoms with E-state index in [2.05, 4.69) is 0 Å². The molecule has 0 atom stereocenters. The summed E-state index contributed by atoms with van der Waals surface area (Å²) in [5.74, 6) is 0. The van der Waals surface area contributed by atoms with Gasteiger partial charge < -0.3 is 0 Å². The molecule has 0 unspecified atom stereocenters. The Labute approximate surface area is 173 Å². The summed E-state index contributed by atoms with van der Waals surface area (Å²) in [6, 6.07) is 0. The summed E-state index contributed by atoms with van der Waals surface area (Å²) in [7, 11) is 0. The molecule has 19 heteroatoms. The molecule has 0 aliphatic rings. The molecule has 0 aromatic heterocycles. The van der Waals surface area contributed by atoms with Gasteiger partial charge in [-0.3, -0.25) is 0 Å². The van der Waals surface area contributed by atoms with E-state index in [9.17, 15) is 0 Å². The molecule has 0 spiro atoms. The fraction of sp³-hybridized carbons (Fsp3) is 0. The van der Waals surface area contributed by atoms with E-state index < -0.39 is 92.9 Å². The van der Waals surface area contributed by atoms with Crippen molar-refractivity contribution >= 4 is 92.9 Å². The van der Waals surface area contributed by atoms with Crippen LogP contribution in [0.5, 0.6) is 0 Å². The summed E-state index contributed by atoms with van der Waals surface area (Å²) >= 11 is -9.00. The number of rotatable bonds is 0. The molecule has 0 bridgehead atoms. The van der Waals surface area contributed by atoms with Crippen molar-refractivity contribution in [2.45, 2.75) is 0 Å². The van der Waals surface area contributed by atoms with Gasteiger partial charge in [0, 0.05) is 35.6 Å². The van der Waals surface area contributed by atoms with Crippen LogP contribution in [0.15, 0.2) is 0 Å². The van der Waals surface area contributed by atoms with Crippen molar-refractivity contribution in [1.29, 1.82) is 0 Å². The summed E-state index contributed by atoms with van der Waals surface area (Å²) in [5.41, 5.74) is 0. The summed E-state index contributed by atoms with van der Waals surface area (Å²) in [6.45, 7) is 0. The van der Waals surface area contributed by atoms with Crippen molar-refractivity contribution in [2.75, 3.05) is 0 Å².